The Hall–Kier alpha value is -3.82. The van der Waals surface area contributed by atoms with Crippen LogP contribution in [0.15, 0.2) is 62.2 Å². The summed E-state index contributed by atoms with van der Waals surface area (Å²) >= 11 is 0. The third kappa shape index (κ3) is 3.80. The second-order valence-corrected chi connectivity index (χ2v) is 5.12. The lowest BCUT2D eigenvalue weighted by Gasteiger charge is -2.03. The minimum atomic E-state index is -0.598. The fourth-order valence-electron chi connectivity index (χ4n) is 2.03. The predicted octanol–water partition coefficient (Wildman–Crippen LogP) is 4.36. The molecule has 0 atom stereocenters. The summed E-state index contributed by atoms with van der Waals surface area (Å²) in [5, 5.41) is 32.4. The topological polar surface area (TPSA) is 139 Å². The molecular formula is C16H14N6O4. The molecule has 0 radical (unpaired) electrons. The number of rotatable bonds is 5. The molecule has 3 aromatic rings. The fourth-order valence-corrected chi connectivity index (χ4v) is 2.03. The molecule has 132 valence electrons. The SMILES string of the molecule is CC/C(N=Nc1nc2ccccc2o1)=N\Nc1ccc([N+](=O)[O-])cc1O. The molecule has 0 unspecified atom stereocenters. The maximum Gasteiger partial charge on any atom is 0.342 e. The highest BCUT2D eigenvalue weighted by Gasteiger charge is 2.10. The van der Waals surface area contributed by atoms with Gasteiger partial charge in [0, 0.05) is 12.5 Å². The third-order valence-electron chi connectivity index (χ3n) is 3.35. The van der Waals surface area contributed by atoms with E-state index in [2.05, 4.69) is 25.7 Å². The highest BCUT2D eigenvalue weighted by atomic mass is 16.6. The van der Waals surface area contributed by atoms with Crippen LogP contribution in [0.1, 0.15) is 13.3 Å². The molecule has 26 heavy (non-hydrogen) atoms. The number of oxazole rings is 1. The summed E-state index contributed by atoms with van der Waals surface area (Å²) in [6.45, 7) is 1.82. The van der Waals surface area contributed by atoms with Crippen LogP contribution in [0.5, 0.6) is 5.75 Å². The van der Waals surface area contributed by atoms with E-state index in [1.165, 1.54) is 12.1 Å². The van der Waals surface area contributed by atoms with Crippen molar-refractivity contribution < 1.29 is 14.4 Å². The van der Waals surface area contributed by atoms with Crippen LogP contribution in [0.25, 0.3) is 11.1 Å². The number of anilines is 1. The Morgan fingerprint density at radius 3 is 2.85 bits per heavy atom. The van der Waals surface area contributed by atoms with Gasteiger partial charge in [0.25, 0.3) is 5.69 Å². The molecule has 2 aromatic carbocycles. The number of phenolic OH excluding ortho intramolecular Hbond substituents is 1. The van der Waals surface area contributed by atoms with E-state index >= 15 is 0 Å². The average Bonchev–Trinajstić information content (AvgIpc) is 3.05. The molecule has 0 aliphatic carbocycles. The van der Waals surface area contributed by atoms with Gasteiger partial charge >= 0.3 is 6.01 Å². The van der Waals surface area contributed by atoms with Crippen LogP contribution in [-0.4, -0.2) is 20.8 Å². The Morgan fingerprint density at radius 1 is 1.35 bits per heavy atom. The third-order valence-corrected chi connectivity index (χ3v) is 3.35. The van der Waals surface area contributed by atoms with E-state index in [1.807, 2.05) is 19.1 Å². The number of benzene rings is 2. The van der Waals surface area contributed by atoms with Gasteiger partial charge in [-0.3, -0.25) is 15.5 Å². The van der Waals surface area contributed by atoms with Crippen molar-refractivity contribution in [2.75, 3.05) is 5.43 Å². The lowest BCUT2D eigenvalue weighted by Crippen LogP contribution is -1.98. The summed E-state index contributed by atoms with van der Waals surface area (Å²) in [7, 11) is 0. The van der Waals surface area contributed by atoms with E-state index in [-0.39, 0.29) is 23.1 Å². The summed E-state index contributed by atoms with van der Waals surface area (Å²) < 4.78 is 5.43. The zero-order valence-electron chi connectivity index (χ0n) is 13.7. The van der Waals surface area contributed by atoms with Crippen molar-refractivity contribution in [3.8, 4) is 5.75 Å². The lowest BCUT2D eigenvalue weighted by atomic mass is 10.2. The second kappa shape index (κ2) is 7.38. The van der Waals surface area contributed by atoms with Crippen LogP contribution in [0.2, 0.25) is 0 Å². The van der Waals surface area contributed by atoms with Gasteiger partial charge in [-0.05, 0) is 18.2 Å². The minimum Gasteiger partial charge on any atom is -0.505 e. The van der Waals surface area contributed by atoms with Gasteiger partial charge in [-0.15, -0.1) is 5.11 Å². The maximum atomic E-state index is 10.7. The number of nitrogens with one attached hydrogen (secondary N) is 1. The number of hydrogen-bond acceptors (Lipinski definition) is 8. The van der Waals surface area contributed by atoms with Gasteiger partial charge in [0.05, 0.1) is 16.7 Å². The first-order valence-corrected chi connectivity index (χ1v) is 7.64. The van der Waals surface area contributed by atoms with Crippen molar-refractivity contribution in [1.82, 2.24) is 4.98 Å². The molecule has 0 fully saturated rings. The van der Waals surface area contributed by atoms with Gasteiger partial charge in [-0.1, -0.05) is 24.2 Å². The number of nitro groups is 1. The number of aromatic hydroxyl groups is 1. The van der Waals surface area contributed by atoms with E-state index in [0.717, 1.165) is 6.07 Å². The van der Waals surface area contributed by atoms with Crippen molar-refractivity contribution in [3.63, 3.8) is 0 Å². The Bertz CT molecular complexity index is 978. The van der Waals surface area contributed by atoms with Crippen molar-refractivity contribution in [2.24, 2.45) is 15.3 Å². The van der Waals surface area contributed by atoms with Crippen LogP contribution in [0, 0.1) is 10.1 Å². The number of amidine groups is 1. The van der Waals surface area contributed by atoms with Gasteiger partial charge in [0.2, 0.25) is 0 Å². The minimum absolute atomic E-state index is 0.102. The summed E-state index contributed by atoms with van der Waals surface area (Å²) in [5.74, 6) is 0.0271. The first kappa shape index (κ1) is 17.0. The van der Waals surface area contributed by atoms with Gasteiger partial charge in [-0.2, -0.15) is 10.1 Å². The Morgan fingerprint density at radius 2 is 2.15 bits per heavy atom. The van der Waals surface area contributed by atoms with Gasteiger partial charge in [-0.25, -0.2) is 0 Å². The van der Waals surface area contributed by atoms with Crippen molar-refractivity contribution >= 4 is 34.3 Å². The number of nitro benzene ring substituents is 1. The quantitative estimate of drug-likeness (QED) is 0.174. The zero-order chi connectivity index (χ0) is 18.5. The summed E-state index contributed by atoms with van der Waals surface area (Å²) in [4.78, 5) is 14.2. The molecule has 0 saturated carbocycles. The van der Waals surface area contributed by atoms with Crippen LogP contribution >= 0.6 is 0 Å². The fraction of sp³-hybridized carbons (Fsp3) is 0.125. The van der Waals surface area contributed by atoms with Gasteiger partial charge in [0.1, 0.15) is 11.3 Å². The molecule has 3 rings (SSSR count). The number of aromatic nitrogens is 1. The Labute approximate surface area is 147 Å². The molecule has 1 heterocycles. The molecule has 10 heteroatoms. The Kier molecular flexibility index (Phi) is 4.83. The number of fused-ring (bicyclic) bond motifs is 1. The summed E-state index contributed by atoms with van der Waals surface area (Å²) in [6, 6.07) is 11.0. The molecule has 0 amide bonds. The highest BCUT2D eigenvalue weighted by Crippen LogP contribution is 2.28. The maximum absolute atomic E-state index is 10.7. The van der Waals surface area contributed by atoms with Gasteiger partial charge in [0.15, 0.2) is 11.4 Å². The number of phenols is 1. The zero-order valence-corrected chi connectivity index (χ0v) is 13.7. The van der Waals surface area contributed by atoms with E-state index in [1.54, 1.807) is 12.1 Å². The van der Waals surface area contributed by atoms with Crippen LogP contribution in [0.3, 0.4) is 0 Å². The van der Waals surface area contributed by atoms with E-state index < -0.39 is 4.92 Å². The van der Waals surface area contributed by atoms with E-state index in [0.29, 0.717) is 23.4 Å². The first-order chi connectivity index (χ1) is 12.6. The van der Waals surface area contributed by atoms with Crippen molar-refractivity contribution in [1.29, 1.82) is 0 Å². The standard InChI is InChI=1S/C16H14N6O4/c1-2-15(19-18-11-8-7-10(22(24)25)9-13(11)23)20-21-16-17-12-5-3-4-6-14(12)26-16/h3-9,18,23H,2H2,1H3/b19-15+,21-20?. The molecule has 0 bridgehead atoms. The smallest absolute Gasteiger partial charge is 0.342 e. The molecule has 0 aliphatic rings. The normalized spacial score (nSPS) is 12.0. The molecule has 0 aliphatic heterocycles. The second-order valence-electron chi connectivity index (χ2n) is 5.12. The van der Waals surface area contributed by atoms with Crippen molar-refractivity contribution in [2.45, 2.75) is 13.3 Å². The number of azo groups is 1. The molecular weight excluding hydrogens is 340 g/mol. The predicted molar refractivity (Wildman–Crippen MR) is 94.6 cm³/mol. The Balaban J connectivity index is 1.74. The molecule has 0 saturated heterocycles. The summed E-state index contributed by atoms with van der Waals surface area (Å²) in [5.41, 5.74) is 3.87. The van der Waals surface area contributed by atoms with Crippen LogP contribution in [-0.2, 0) is 0 Å². The average molecular weight is 354 g/mol. The summed E-state index contributed by atoms with van der Waals surface area (Å²) in [6.07, 6.45) is 0.449. The number of non-ortho nitro benzene ring substituents is 1. The van der Waals surface area contributed by atoms with Crippen LogP contribution in [0.4, 0.5) is 17.4 Å². The monoisotopic (exact) mass is 354 g/mol. The van der Waals surface area contributed by atoms with E-state index in [9.17, 15) is 15.2 Å². The van der Waals surface area contributed by atoms with Gasteiger partial charge < -0.3 is 9.52 Å². The van der Waals surface area contributed by atoms with Crippen LogP contribution < -0.4 is 5.43 Å². The highest BCUT2D eigenvalue weighted by molar-refractivity contribution is 5.83. The number of hydrazone groups is 1. The molecule has 10 nitrogen and oxygen atoms in total. The number of nitrogens with zero attached hydrogens (tertiary/aromatic N) is 5. The largest absolute Gasteiger partial charge is 0.505 e. The van der Waals surface area contributed by atoms with E-state index in [4.69, 9.17) is 4.42 Å². The number of hydrogen-bond donors (Lipinski definition) is 2. The first-order valence-electron chi connectivity index (χ1n) is 7.64. The lowest BCUT2D eigenvalue weighted by molar-refractivity contribution is -0.384. The molecule has 0 spiro atoms. The number of para-hydroxylation sites is 2. The molecule has 1 aromatic heterocycles. The molecule has 2 N–H and O–H groups in total. The van der Waals surface area contributed by atoms with Crippen molar-refractivity contribution in [3.05, 3.63) is 52.6 Å².